The third-order valence-electron chi connectivity index (χ3n) is 3.46. The van der Waals surface area contributed by atoms with E-state index < -0.39 is 10.2 Å². The lowest BCUT2D eigenvalue weighted by atomic mass is 10.0. The summed E-state index contributed by atoms with van der Waals surface area (Å²) in [5.41, 5.74) is 7.21. The van der Waals surface area contributed by atoms with Crippen molar-refractivity contribution in [2.75, 3.05) is 18.8 Å². The number of nitrogens with two attached hydrogens (primary N) is 1. The zero-order chi connectivity index (χ0) is 13.9. The molecule has 6 heteroatoms. The van der Waals surface area contributed by atoms with Crippen molar-refractivity contribution in [3.05, 3.63) is 29.8 Å². The first-order valence-corrected chi connectivity index (χ1v) is 8.01. The van der Waals surface area contributed by atoms with E-state index in [4.69, 9.17) is 5.73 Å². The van der Waals surface area contributed by atoms with Crippen LogP contribution in [0.2, 0.25) is 0 Å². The number of benzene rings is 1. The Hall–Kier alpha value is -1.11. The van der Waals surface area contributed by atoms with Crippen LogP contribution in [0.5, 0.6) is 0 Å². The maximum Gasteiger partial charge on any atom is 0.279 e. The highest BCUT2D eigenvalue weighted by Crippen LogP contribution is 2.18. The summed E-state index contributed by atoms with van der Waals surface area (Å²) in [6, 6.07) is 7.28. The van der Waals surface area contributed by atoms with Crippen molar-refractivity contribution >= 4 is 15.9 Å². The number of piperidine rings is 1. The highest BCUT2D eigenvalue weighted by molar-refractivity contribution is 7.87. The largest absolute Gasteiger partial charge is 0.398 e. The number of para-hydroxylation sites is 1. The summed E-state index contributed by atoms with van der Waals surface area (Å²) in [5, 5.41) is 0. The van der Waals surface area contributed by atoms with E-state index in [0.29, 0.717) is 24.7 Å². The van der Waals surface area contributed by atoms with Gasteiger partial charge in [-0.25, -0.2) is 0 Å². The predicted molar refractivity (Wildman–Crippen MR) is 76.6 cm³/mol. The Bertz CT molecular complexity index is 530. The second kappa shape index (κ2) is 5.90. The number of rotatable bonds is 4. The number of anilines is 1. The van der Waals surface area contributed by atoms with Gasteiger partial charge < -0.3 is 5.73 Å². The summed E-state index contributed by atoms with van der Waals surface area (Å²) in [5.74, 6) is 0.423. The summed E-state index contributed by atoms with van der Waals surface area (Å²) in [7, 11) is -3.40. The summed E-state index contributed by atoms with van der Waals surface area (Å²) >= 11 is 0. The van der Waals surface area contributed by atoms with Gasteiger partial charge in [0.15, 0.2) is 0 Å². The van der Waals surface area contributed by atoms with Gasteiger partial charge in [-0.15, -0.1) is 0 Å². The van der Waals surface area contributed by atoms with Gasteiger partial charge in [0.25, 0.3) is 10.2 Å². The van der Waals surface area contributed by atoms with E-state index >= 15 is 0 Å². The topological polar surface area (TPSA) is 75.4 Å². The maximum absolute atomic E-state index is 12.2. The Kier molecular flexibility index (Phi) is 4.44. The fraction of sp³-hybridized carbons (Fsp3) is 0.538. The van der Waals surface area contributed by atoms with Crippen LogP contribution in [0.15, 0.2) is 24.3 Å². The lowest BCUT2D eigenvalue weighted by Crippen LogP contribution is -2.45. The number of nitrogens with one attached hydrogen (secondary N) is 1. The van der Waals surface area contributed by atoms with Gasteiger partial charge in [0.1, 0.15) is 0 Å². The molecule has 2 rings (SSSR count). The molecule has 1 aromatic rings. The maximum atomic E-state index is 12.2. The fourth-order valence-corrected chi connectivity index (χ4v) is 3.66. The van der Waals surface area contributed by atoms with E-state index in [1.165, 1.54) is 4.31 Å². The van der Waals surface area contributed by atoms with Crippen LogP contribution in [0, 0.1) is 5.92 Å². The number of nitrogen functional groups attached to an aromatic ring is 1. The molecule has 19 heavy (non-hydrogen) atoms. The molecule has 0 saturated carbocycles. The zero-order valence-electron chi connectivity index (χ0n) is 11.2. The second-order valence-corrected chi connectivity index (χ2v) is 6.89. The minimum Gasteiger partial charge on any atom is -0.398 e. The monoisotopic (exact) mass is 283 g/mol. The van der Waals surface area contributed by atoms with Crippen LogP contribution in [0.1, 0.15) is 25.3 Å². The van der Waals surface area contributed by atoms with Crippen LogP contribution in [0.4, 0.5) is 5.69 Å². The first-order chi connectivity index (χ1) is 8.99. The minimum absolute atomic E-state index is 0.236. The van der Waals surface area contributed by atoms with Crippen molar-refractivity contribution in [2.24, 2.45) is 5.92 Å². The smallest absolute Gasteiger partial charge is 0.279 e. The van der Waals surface area contributed by atoms with Gasteiger partial charge in [-0.05, 0) is 30.4 Å². The standard InChI is InChI=1S/C13H21N3O2S/c1-11-5-4-8-16(10-11)19(17,18)15-9-12-6-2-3-7-13(12)14/h2-3,6-7,11,15H,4-5,8-10,14H2,1H3. The molecular formula is C13H21N3O2S. The van der Waals surface area contributed by atoms with Gasteiger partial charge in [-0.1, -0.05) is 25.1 Å². The van der Waals surface area contributed by atoms with Gasteiger partial charge in [-0.3, -0.25) is 0 Å². The van der Waals surface area contributed by atoms with Crippen LogP contribution in [-0.2, 0) is 16.8 Å². The van der Waals surface area contributed by atoms with E-state index in [-0.39, 0.29) is 6.54 Å². The average molecular weight is 283 g/mol. The third kappa shape index (κ3) is 3.68. The Morgan fingerprint density at radius 1 is 1.42 bits per heavy atom. The molecule has 106 valence electrons. The summed E-state index contributed by atoms with van der Waals surface area (Å²) in [6.07, 6.45) is 2.02. The van der Waals surface area contributed by atoms with E-state index in [1.54, 1.807) is 6.07 Å². The van der Waals surface area contributed by atoms with Crippen molar-refractivity contribution in [3.8, 4) is 0 Å². The molecule has 0 radical (unpaired) electrons. The molecule has 1 aromatic carbocycles. The number of hydrogen-bond donors (Lipinski definition) is 2. The second-order valence-electron chi connectivity index (χ2n) is 5.13. The van der Waals surface area contributed by atoms with E-state index in [9.17, 15) is 8.42 Å². The molecule has 0 amide bonds. The Morgan fingerprint density at radius 3 is 2.84 bits per heavy atom. The Balaban J connectivity index is 2.00. The molecule has 5 nitrogen and oxygen atoms in total. The summed E-state index contributed by atoms with van der Waals surface area (Å²) in [4.78, 5) is 0. The van der Waals surface area contributed by atoms with Crippen LogP contribution < -0.4 is 10.5 Å². The number of hydrogen-bond acceptors (Lipinski definition) is 3. The van der Waals surface area contributed by atoms with Crippen molar-refractivity contribution in [1.29, 1.82) is 0 Å². The van der Waals surface area contributed by atoms with Gasteiger partial charge in [-0.2, -0.15) is 17.4 Å². The first-order valence-electron chi connectivity index (χ1n) is 6.57. The molecule has 0 bridgehead atoms. The van der Waals surface area contributed by atoms with E-state index in [1.807, 2.05) is 18.2 Å². The zero-order valence-corrected chi connectivity index (χ0v) is 12.0. The highest BCUT2D eigenvalue weighted by Gasteiger charge is 2.26. The van der Waals surface area contributed by atoms with Gasteiger partial charge in [0.05, 0.1) is 0 Å². The van der Waals surface area contributed by atoms with Crippen molar-refractivity contribution in [1.82, 2.24) is 9.03 Å². The molecule has 3 N–H and O–H groups in total. The fourth-order valence-electron chi connectivity index (χ4n) is 2.32. The van der Waals surface area contributed by atoms with E-state index in [0.717, 1.165) is 18.4 Å². The first kappa shape index (κ1) is 14.3. The van der Waals surface area contributed by atoms with Crippen LogP contribution >= 0.6 is 0 Å². The average Bonchev–Trinajstić information content (AvgIpc) is 2.38. The highest BCUT2D eigenvalue weighted by atomic mass is 32.2. The molecular weight excluding hydrogens is 262 g/mol. The molecule has 1 fully saturated rings. The molecule has 1 saturated heterocycles. The van der Waals surface area contributed by atoms with Gasteiger partial charge in [0, 0.05) is 25.3 Å². The van der Waals surface area contributed by atoms with E-state index in [2.05, 4.69) is 11.6 Å². The van der Waals surface area contributed by atoms with Crippen LogP contribution in [0.3, 0.4) is 0 Å². The Labute approximate surface area is 115 Å². The Morgan fingerprint density at radius 2 is 2.16 bits per heavy atom. The third-order valence-corrected chi connectivity index (χ3v) is 4.98. The SMILES string of the molecule is CC1CCCN(S(=O)(=O)NCc2ccccc2N)C1. The molecule has 1 aliphatic heterocycles. The van der Waals surface area contributed by atoms with Crippen LogP contribution in [-0.4, -0.2) is 25.8 Å². The molecule has 1 unspecified atom stereocenters. The quantitative estimate of drug-likeness (QED) is 0.819. The van der Waals surface area contributed by atoms with Gasteiger partial charge >= 0.3 is 0 Å². The molecule has 0 aliphatic carbocycles. The molecule has 1 heterocycles. The normalized spacial score (nSPS) is 21.4. The summed E-state index contributed by atoms with van der Waals surface area (Å²) < 4.78 is 28.5. The lowest BCUT2D eigenvalue weighted by molar-refractivity contribution is 0.278. The van der Waals surface area contributed by atoms with Crippen molar-refractivity contribution in [3.63, 3.8) is 0 Å². The molecule has 0 aromatic heterocycles. The minimum atomic E-state index is -3.40. The number of nitrogens with zero attached hydrogens (tertiary/aromatic N) is 1. The predicted octanol–water partition coefficient (Wildman–Crippen LogP) is 1.34. The molecule has 0 spiro atoms. The molecule has 1 atom stereocenters. The van der Waals surface area contributed by atoms with Crippen molar-refractivity contribution < 1.29 is 8.42 Å². The van der Waals surface area contributed by atoms with Crippen molar-refractivity contribution in [2.45, 2.75) is 26.3 Å². The van der Waals surface area contributed by atoms with Gasteiger partial charge in [0.2, 0.25) is 0 Å². The molecule has 1 aliphatic rings. The summed E-state index contributed by atoms with van der Waals surface area (Å²) in [6.45, 7) is 3.51. The lowest BCUT2D eigenvalue weighted by Gasteiger charge is -2.30. The van der Waals surface area contributed by atoms with Crippen LogP contribution in [0.25, 0.3) is 0 Å².